The predicted molar refractivity (Wildman–Crippen MR) is 118 cm³/mol. The van der Waals surface area contributed by atoms with Crippen LogP contribution in [0.4, 0.5) is 23.0 Å². The summed E-state index contributed by atoms with van der Waals surface area (Å²) in [7, 11) is 3.50. The minimum absolute atomic E-state index is 0.843. The molecular formula is C22H24N6. The van der Waals surface area contributed by atoms with Gasteiger partial charge < -0.3 is 0 Å². The van der Waals surface area contributed by atoms with E-state index in [0.29, 0.717) is 0 Å². The largest absolute Gasteiger partial charge is 0.285 e. The van der Waals surface area contributed by atoms with Crippen LogP contribution in [0.3, 0.4) is 0 Å². The first kappa shape index (κ1) is 19.2. The van der Waals surface area contributed by atoms with Gasteiger partial charge in [-0.25, -0.2) is 9.97 Å². The van der Waals surface area contributed by atoms with E-state index in [2.05, 4.69) is 26.0 Å². The van der Waals surface area contributed by atoms with Crippen LogP contribution in [0.1, 0.15) is 11.1 Å². The van der Waals surface area contributed by atoms with E-state index in [1.807, 2.05) is 66.1 Å². The molecule has 3 aromatic rings. The van der Waals surface area contributed by atoms with Crippen molar-refractivity contribution < 1.29 is 0 Å². The topological polar surface area (TPSA) is 57.0 Å². The van der Waals surface area contributed by atoms with E-state index in [9.17, 15) is 0 Å². The number of aliphatic imine (C=N–C) groups is 2. The van der Waals surface area contributed by atoms with Crippen molar-refractivity contribution in [2.24, 2.45) is 9.98 Å². The average molecular weight is 372 g/mol. The Morgan fingerprint density at radius 2 is 1.18 bits per heavy atom. The lowest BCUT2D eigenvalue weighted by atomic mass is 10.2. The van der Waals surface area contributed by atoms with Crippen LogP contribution in [0.25, 0.3) is 0 Å². The molecule has 0 saturated heterocycles. The van der Waals surface area contributed by atoms with E-state index in [1.165, 1.54) is 0 Å². The summed E-state index contributed by atoms with van der Waals surface area (Å²) in [6.45, 7) is 4.08. The standard InChI is InChI=1S/C22H24N6/c1-17-8-6-12-25-21(17)27(15-23-3)19-10-5-11-20(14-19)28(16-24-4)22-18(2)9-7-13-26-22/h5-16H,1-4H3. The maximum absolute atomic E-state index is 4.54. The summed E-state index contributed by atoms with van der Waals surface area (Å²) in [5.41, 5.74) is 4.04. The number of anilines is 4. The van der Waals surface area contributed by atoms with Gasteiger partial charge in [-0.2, -0.15) is 0 Å². The highest BCUT2D eigenvalue weighted by Gasteiger charge is 2.15. The Hall–Kier alpha value is -3.54. The Morgan fingerprint density at radius 1 is 0.714 bits per heavy atom. The van der Waals surface area contributed by atoms with Gasteiger partial charge in [0.25, 0.3) is 0 Å². The van der Waals surface area contributed by atoms with Crippen LogP contribution < -0.4 is 9.80 Å². The molecule has 142 valence electrons. The number of hydrogen-bond acceptors (Lipinski definition) is 4. The van der Waals surface area contributed by atoms with Crippen molar-refractivity contribution in [1.29, 1.82) is 0 Å². The molecule has 6 heteroatoms. The first-order valence-electron chi connectivity index (χ1n) is 9.02. The fourth-order valence-corrected chi connectivity index (χ4v) is 2.97. The Bertz CT molecular complexity index is 919. The van der Waals surface area contributed by atoms with Crippen LogP contribution in [-0.2, 0) is 0 Å². The Kier molecular flexibility index (Phi) is 6.11. The summed E-state index contributed by atoms with van der Waals surface area (Å²) in [5, 5.41) is 0. The molecule has 0 aliphatic rings. The lowest BCUT2D eigenvalue weighted by molar-refractivity contribution is 1.17. The van der Waals surface area contributed by atoms with E-state index < -0.39 is 0 Å². The van der Waals surface area contributed by atoms with Crippen LogP contribution in [0, 0.1) is 13.8 Å². The summed E-state index contributed by atoms with van der Waals surface area (Å²) < 4.78 is 0. The Morgan fingerprint density at radius 3 is 1.57 bits per heavy atom. The minimum Gasteiger partial charge on any atom is -0.285 e. The molecule has 1 aromatic carbocycles. The molecule has 0 aliphatic carbocycles. The lowest BCUT2D eigenvalue weighted by Crippen LogP contribution is -2.19. The summed E-state index contributed by atoms with van der Waals surface area (Å²) in [6, 6.07) is 16.1. The van der Waals surface area contributed by atoms with Gasteiger partial charge >= 0.3 is 0 Å². The maximum atomic E-state index is 4.54. The molecule has 0 aliphatic heterocycles. The number of pyridine rings is 2. The van der Waals surface area contributed by atoms with Gasteiger partial charge in [-0.3, -0.25) is 19.8 Å². The van der Waals surface area contributed by atoms with E-state index in [-0.39, 0.29) is 0 Å². The summed E-state index contributed by atoms with van der Waals surface area (Å²) in [5.74, 6) is 1.69. The molecule has 3 rings (SSSR count). The molecule has 0 spiro atoms. The zero-order valence-electron chi connectivity index (χ0n) is 16.6. The third-order valence-corrected chi connectivity index (χ3v) is 4.27. The average Bonchev–Trinajstić information content (AvgIpc) is 2.72. The van der Waals surface area contributed by atoms with Crippen LogP contribution >= 0.6 is 0 Å². The van der Waals surface area contributed by atoms with Crippen LogP contribution in [0.2, 0.25) is 0 Å². The second-order valence-corrected chi connectivity index (χ2v) is 6.30. The fourth-order valence-electron chi connectivity index (χ4n) is 2.97. The quantitative estimate of drug-likeness (QED) is 0.465. The van der Waals surface area contributed by atoms with Gasteiger partial charge in [0.1, 0.15) is 11.6 Å². The smallest absolute Gasteiger partial charge is 0.141 e. The van der Waals surface area contributed by atoms with Gasteiger partial charge in [0, 0.05) is 26.5 Å². The number of hydrogen-bond donors (Lipinski definition) is 0. The molecule has 0 unspecified atom stereocenters. The monoisotopic (exact) mass is 372 g/mol. The van der Waals surface area contributed by atoms with Gasteiger partial charge in [0.05, 0.1) is 24.1 Å². The molecule has 6 nitrogen and oxygen atoms in total. The summed E-state index contributed by atoms with van der Waals surface area (Å²) >= 11 is 0. The number of nitrogens with zero attached hydrogens (tertiary/aromatic N) is 6. The number of aryl methyl sites for hydroxylation is 2. The molecular weight excluding hydrogens is 348 g/mol. The highest BCUT2D eigenvalue weighted by molar-refractivity contribution is 5.93. The van der Waals surface area contributed by atoms with Gasteiger partial charge in [0.2, 0.25) is 0 Å². The first-order chi connectivity index (χ1) is 13.7. The first-order valence-corrected chi connectivity index (χ1v) is 9.02. The molecule has 28 heavy (non-hydrogen) atoms. The third kappa shape index (κ3) is 4.06. The predicted octanol–water partition coefficient (Wildman–Crippen LogP) is 4.69. The van der Waals surface area contributed by atoms with Gasteiger partial charge in [-0.15, -0.1) is 0 Å². The number of rotatable bonds is 6. The molecule has 2 heterocycles. The fraction of sp³-hybridized carbons (Fsp3) is 0.182. The second kappa shape index (κ2) is 8.90. The lowest BCUT2D eigenvalue weighted by Gasteiger charge is -2.24. The van der Waals surface area contributed by atoms with Crippen molar-refractivity contribution in [2.75, 3.05) is 23.9 Å². The Labute approximate surface area is 165 Å². The summed E-state index contributed by atoms with van der Waals surface area (Å²) in [6.07, 6.45) is 7.13. The van der Waals surface area contributed by atoms with Crippen molar-refractivity contribution in [3.63, 3.8) is 0 Å². The molecule has 0 atom stereocenters. The van der Waals surface area contributed by atoms with Crippen molar-refractivity contribution in [1.82, 2.24) is 9.97 Å². The number of aromatic nitrogens is 2. The van der Waals surface area contributed by atoms with Crippen molar-refractivity contribution >= 4 is 35.7 Å². The van der Waals surface area contributed by atoms with Crippen LogP contribution in [0.15, 0.2) is 70.9 Å². The highest BCUT2D eigenvalue weighted by Crippen LogP contribution is 2.31. The molecule has 0 amide bonds. The molecule has 2 aromatic heterocycles. The highest BCUT2D eigenvalue weighted by atomic mass is 15.2. The van der Waals surface area contributed by atoms with Crippen LogP contribution in [-0.4, -0.2) is 36.7 Å². The van der Waals surface area contributed by atoms with Crippen molar-refractivity contribution in [3.8, 4) is 0 Å². The summed E-state index contributed by atoms with van der Waals surface area (Å²) in [4.78, 5) is 21.5. The van der Waals surface area contributed by atoms with E-state index in [1.54, 1.807) is 39.2 Å². The zero-order chi connectivity index (χ0) is 19.9. The molecule has 0 fully saturated rings. The van der Waals surface area contributed by atoms with E-state index in [0.717, 1.165) is 34.1 Å². The van der Waals surface area contributed by atoms with Gasteiger partial charge in [-0.05, 0) is 55.3 Å². The molecule has 0 N–H and O–H groups in total. The second-order valence-electron chi connectivity index (χ2n) is 6.30. The molecule has 0 bridgehead atoms. The van der Waals surface area contributed by atoms with E-state index in [4.69, 9.17) is 0 Å². The van der Waals surface area contributed by atoms with E-state index >= 15 is 0 Å². The zero-order valence-corrected chi connectivity index (χ0v) is 16.6. The van der Waals surface area contributed by atoms with Crippen LogP contribution in [0.5, 0.6) is 0 Å². The SMILES string of the molecule is CN=CN(c1cccc(N(C=NC)c2ncccc2C)c1)c1ncccc1C. The molecule has 0 radical (unpaired) electrons. The van der Waals surface area contributed by atoms with Crippen molar-refractivity contribution in [3.05, 3.63) is 72.1 Å². The Balaban J connectivity index is 2.09. The van der Waals surface area contributed by atoms with Crippen molar-refractivity contribution in [2.45, 2.75) is 13.8 Å². The maximum Gasteiger partial charge on any atom is 0.141 e. The van der Waals surface area contributed by atoms with Gasteiger partial charge in [0.15, 0.2) is 0 Å². The number of benzene rings is 1. The normalized spacial score (nSPS) is 11.3. The minimum atomic E-state index is 0.843. The van der Waals surface area contributed by atoms with Gasteiger partial charge in [-0.1, -0.05) is 18.2 Å². The molecule has 0 saturated carbocycles. The third-order valence-electron chi connectivity index (χ3n) is 4.27.